The number of carbonyl (C=O) groups excluding carboxylic acids is 1. The van der Waals surface area contributed by atoms with Gasteiger partial charge < -0.3 is 15.2 Å². The Bertz CT molecular complexity index is 460. The van der Waals surface area contributed by atoms with Crippen LogP contribution in [0.25, 0.3) is 0 Å². The summed E-state index contributed by atoms with van der Waals surface area (Å²) >= 11 is 3.44. The molecule has 1 heterocycles. The zero-order valence-electron chi connectivity index (χ0n) is 13.5. The zero-order valence-corrected chi connectivity index (χ0v) is 15.9. The van der Waals surface area contributed by atoms with E-state index in [0.717, 1.165) is 10.9 Å². The average Bonchev–Trinajstić information content (AvgIpc) is 2.76. The standard InChI is InChI=1S/C15H26BrN3O.ClH/c1-10(2)13(17)6-7-18(5)15(20)14-8-12(16)9-19(14)11(3)4;/h8-11,13H,6-7,17H2,1-5H3;1H. The molecule has 1 aromatic rings. The molecule has 0 aliphatic rings. The van der Waals surface area contributed by atoms with Gasteiger partial charge in [-0.15, -0.1) is 12.4 Å². The molecule has 0 aromatic carbocycles. The van der Waals surface area contributed by atoms with Crippen molar-refractivity contribution < 1.29 is 4.79 Å². The third-order valence-corrected chi connectivity index (χ3v) is 4.03. The van der Waals surface area contributed by atoms with Crippen molar-refractivity contribution in [2.45, 2.75) is 46.2 Å². The maximum Gasteiger partial charge on any atom is 0.270 e. The zero-order chi connectivity index (χ0) is 15.4. The van der Waals surface area contributed by atoms with Crippen molar-refractivity contribution in [3.8, 4) is 0 Å². The molecule has 1 rings (SSSR count). The van der Waals surface area contributed by atoms with Gasteiger partial charge in [-0.1, -0.05) is 13.8 Å². The van der Waals surface area contributed by atoms with E-state index < -0.39 is 0 Å². The fourth-order valence-electron chi connectivity index (χ4n) is 2.02. The third-order valence-electron chi connectivity index (χ3n) is 3.59. The first-order valence-corrected chi connectivity index (χ1v) is 7.91. The molecule has 2 N–H and O–H groups in total. The highest BCUT2D eigenvalue weighted by molar-refractivity contribution is 9.10. The predicted molar refractivity (Wildman–Crippen MR) is 94.2 cm³/mol. The van der Waals surface area contributed by atoms with Gasteiger partial charge in [0.1, 0.15) is 5.69 Å². The van der Waals surface area contributed by atoms with Crippen molar-refractivity contribution in [3.63, 3.8) is 0 Å². The van der Waals surface area contributed by atoms with Crippen molar-refractivity contribution in [1.29, 1.82) is 0 Å². The van der Waals surface area contributed by atoms with Crippen molar-refractivity contribution in [3.05, 3.63) is 22.4 Å². The summed E-state index contributed by atoms with van der Waals surface area (Å²) in [6.07, 6.45) is 2.77. The van der Waals surface area contributed by atoms with Gasteiger partial charge in [0.2, 0.25) is 0 Å². The van der Waals surface area contributed by atoms with E-state index >= 15 is 0 Å². The second kappa shape index (κ2) is 8.81. The fraction of sp³-hybridized carbons (Fsp3) is 0.667. The number of hydrogen-bond acceptors (Lipinski definition) is 2. The topological polar surface area (TPSA) is 51.3 Å². The molecule has 0 bridgehead atoms. The van der Waals surface area contributed by atoms with Gasteiger partial charge >= 0.3 is 0 Å². The lowest BCUT2D eigenvalue weighted by atomic mass is 10.0. The number of nitrogens with zero attached hydrogens (tertiary/aromatic N) is 2. The van der Waals surface area contributed by atoms with Crippen LogP contribution >= 0.6 is 28.3 Å². The Morgan fingerprint density at radius 3 is 2.43 bits per heavy atom. The second-order valence-corrected chi connectivity index (χ2v) is 6.88. The molecule has 21 heavy (non-hydrogen) atoms. The van der Waals surface area contributed by atoms with E-state index in [9.17, 15) is 4.79 Å². The van der Waals surface area contributed by atoms with Gasteiger partial charge in [0, 0.05) is 36.3 Å². The van der Waals surface area contributed by atoms with Gasteiger partial charge in [-0.3, -0.25) is 4.79 Å². The van der Waals surface area contributed by atoms with Crippen LogP contribution in [0.15, 0.2) is 16.7 Å². The molecule has 4 nitrogen and oxygen atoms in total. The highest BCUT2D eigenvalue weighted by atomic mass is 79.9. The largest absolute Gasteiger partial charge is 0.340 e. The van der Waals surface area contributed by atoms with E-state index in [-0.39, 0.29) is 30.4 Å². The lowest BCUT2D eigenvalue weighted by Crippen LogP contribution is -2.35. The number of rotatable bonds is 6. The Hall–Kier alpha value is -0.520. The highest BCUT2D eigenvalue weighted by Gasteiger charge is 2.19. The maximum atomic E-state index is 12.5. The van der Waals surface area contributed by atoms with E-state index in [1.54, 1.807) is 4.90 Å². The number of aromatic nitrogens is 1. The Morgan fingerprint density at radius 1 is 1.38 bits per heavy atom. The number of carbonyl (C=O) groups is 1. The summed E-state index contributed by atoms with van der Waals surface area (Å²) in [6, 6.07) is 2.27. The van der Waals surface area contributed by atoms with E-state index in [0.29, 0.717) is 18.2 Å². The molecule has 1 atom stereocenters. The number of nitrogens with two attached hydrogens (primary N) is 1. The molecule has 1 aromatic heterocycles. The lowest BCUT2D eigenvalue weighted by molar-refractivity contribution is 0.0777. The first-order chi connectivity index (χ1) is 9.23. The van der Waals surface area contributed by atoms with Gasteiger partial charge in [0.05, 0.1) is 0 Å². The van der Waals surface area contributed by atoms with Crippen molar-refractivity contribution in [2.75, 3.05) is 13.6 Å². The molecular weight excluding hydrogens is 354 g/mol. The molecule has 0 spiro atoms. The van der Waals surface area contributed by atoms with Crippen LogP contribution < -0.4 is 5.73 Å². The normalized spacial score (nSPS) is 12.4. The van der Waals surface area contributed by atoms with Gasteiger partial charge in [-0.05, 0) is 48.2 Å². The predicted octanol–water partition coefficient (Wildman–Crippen LogP) is 3.70. The van der Waals surface area contributed by atoms with E-state index in [1.165, 1.54) is 0 Å². The number of halogens is 2. The SMILES string of the molecule is CC(C)C(N)CCN(C)C(=O)c1cc(Br)cn1C(C)C.Cl. The Morgan fingerprint density at radius 2 is 1.95 bits per heavy atom. The van der Waals surface area contributed by atoms with Crippen LogP contribution in [0.1, 0.15) is 50.6 Å². The Kier molecular flexibility index (Phi) is 8.59. The molecule has 0 fully saturated rings. The molecule has 6 heteroatoms. The smallest absolute Gasteiger partial charge is 0.270 e. The van der Waals surface area contributed by atoms with Crippen molar-refractivity contribution in [2.24, 2.45) is 11.7 Å². The number of hydrogen-bond donors (Lipinski definition) is 1. The summed E-state index contributed by atoms with van der Waals surface area (Å²) in [5, 5.41) is 0. The van der Waals surface area contributed by atoms with Gasteiger partial charge in [0.25, 0.3) is 5.91 Å². The molecule has 0 radical (unpaired) electrons. The minimum absolute atomic E-state index is 0. The molecule has 122 valence electrons. The molecule has 0 aliphatic heterocycles. The minimum Gasteiger partial charge on any atom is -0.340 e. The summed E-state index contributed by atoms with van der Waals surface area (Å²) < 4.78 is 2.92. The van der Waals surface area contributed by atoms with E-state index in [4.69, 9.17) is 5.73 Å². The summed E-state index contributed by atoms with van der Waals surface area (Å²) in [7, 11) is 1.83. The molecule has 0 saturated carbocycles. The summed E-state index contributed by atoms with van der Waals surface area (Å²) in [6.45, 7) is 9.02. The Balaban J connectivity index is 0.00000400. The van der Waals surface area contributed by atoms with Crippen molar-refractivity contribution in [1.82, 2.24) is 9.47 Å². The minimum atomic E-state index is 0. The maximum absolute atomic E-state index is 12.5. The quantitative estimate of drug-likeness (QED) is 0.818. The van der Waals surface area contributed by atoms with Crippen LogP contribution in [-0.2, 0) is 0 Å². The monoisotopic (exact) mass is 379 g/mol. The first-order valence-electron chi connectivity index (χ1n) is 7.12. The van der Waals surface area contributed by atoms with Gasteiger partial charge in [-0.25, -0.2) is 0 Å². The fourth-order valence-corrected chi connectivity index (χ4v) is 2.45. The van der Waals surface area contributed by atoms with Crippen LogP contribution in [0.2, 0.25) is 0 Å². The van der Waals surface area contributed by atoms with Crippen LogP contribution in [0, 0.1) is 5.92 Å². The van der Waals surface area contributed by atoms with Gasteiger partial charge in [-0.2, -0.15) is 0 Å². The summed E-state index contributed by atoms with van der Waals surface area (Å²) in [5.41, 5.74) is 6.75. The molecule has 1 amide bonds. The Labute approximate surface area is 142 Å². The van der Waals surface area contributed by atoms with E-state index in [1.807, 2.05) is 23.9 Å². The van der Waals surface area contributed by atoms with Crippen LogP contribution in [0.4, 0.5) is 0 Å². The highest BCUT2D eigenvalue weighted by Crippen LogP contribution is 2.20. The second-order valence-electron chi connectivity index (χ2n) is 5.97. The number of amides is 1. The molecular formula is C15H27BrClN3O. The summed E-state index contributed by atoms with van der Waals surface area (Å²) in [4.78, 5) is 14.3. The van der Waals surface area contributed by atoms with Crippen LogP contribution in [0.5, 0.6) is 0 Å². The molecule has 0 aliphatic carbocycles. The molecule has 0 saturated heterocycles. The first kappa shape index (κ1) is 20.5. The van der Waals surface area contributed by atoms with Crippen LogP contribution in [0.3, 0.4) is 0 Å². The molecule has 1 unspecified atom stereocenters. The van der Waals surface area contributed by atoms with Crippen molar-refractivity contribution >= 4 is 34.2 Å². The average molecular weight is 381 g/mol. The van der Waals surface area contributed by atoms with Gasteiger partial charge in [0.15, 0.2) is 0 Å². The lowest BCUT2D eigenvalue weighted by Gasteiger charge is -2.22. The van der Waals surface area contributed by atoms with E-state index in [2.05, 4.69) is 43.6 Å². The third kappa shape index (κ3) is 5.64. The van der Waals surface area contributed by atoms with Crippen LogP contribution in [-0.4, -0.2) is 35.0 Å². The summed E-state index contributed by atoms with van der Waals surface area (Å²) in [5.74, 6) is 0.479.